The maximum Gasteiger partial charge on any atom is 0.319 e. The second-order valence-electron chi connectivity index (χ2n) is 5.21. The maximum absolute atomic E-state index is 13.5. The number of hydrogen-bond acceptors (Lipinski definition) is 2. The molecule has 2 aromatic rings. The molecule has 0 aliphatic rings. The van der Waals surface area contributed by atoms with Crippen LogP contribution in [-0.4, -0.2) is 23.8 Å². The van der Waals surface area contributed by atoms with Crippen LogP contribution in [0.25, 0.3) is 0 Å². The van der Waals surface area contributed by atoms with Crippen LogP contribution in [0.4, 0.5) is 19.3 Å². The lowest BCUT2D eigenvalue weighted by atomic mass is 9.94. The first-order chi connectivity index (χ1) is 11.0. The number of anilines is 1. The number of amides is 2. The predicted octanol–water partition coefficient (Wildman–Crippen LogP) is 3.25. The molecule has 0 aliphatic carbocycles. The van der Waals surface area contributed by atoms with Gasteiger partial charge in [0.1, 0.15) is 11.6 Å². The van der Waals surface area contributed by atoms with Crippen molar-refractivity contribution in [3.8, 4) is 0 Å². The summed E-state index contributed by atoms with van der Waals surface area (Å²) in [7, 11) is 0. The summed E-state index contributed by atoms with van der Waals surface area (Å²) in [6.45, 7) is 1.60. The normalized spacial score (nSPS) is 13.2. The minimum absolute atomic E-state index is 0.132. The Kier molecular flexibility index (Phi) is 5.65. The number of rotatable bonds is 5. The highest BCUT2D eigenvalue weighted by Gasteiger charge is 2.20. The van der Waals surface area contributed by atoms with Crippen molar-refractivity contribution >= 4 is 11.7 Å². The summed E-state index contributed by atoms with van der Waals surface area (Å²) in [5.74, 6) is -1.72. The van der Waals surface area contributed by atoms with Crippen LogP contribution in [0.5, 0.6) is 0 Å². The number of nitrogens with one attached hydrogen (secondary N) is 2. The summed E-state index contributed by atoms with van der Waals surface area (Å²) in [4.78, 5) is 12.0. The summed E-state index contributed by atoms with van der Waals surface area (Å²) < 4.78 is 26.4. The van der Waals surface area contributed by atoms with Gasteiger partial charge in [0.25, 0.3) is 0 Å². The van der Waals surface area contributed by atoms with Gasteiger partial charge in [-0.2, -0.15) is 0 Å². The third-order valence-electron chi connectivity index (χ3n) is 3.62. The molecule has 0 aliphatic heterocycles. The Morgan fingerprint density at radius 2 is 1.87 bits per heavy atom. The Labute approximate surface area is 133 Å². The molecular weight excluding hydrogens is 302 g/mol. The highest BCUT2D eigenvalue weighted by atomic mass is 19.1. The molecule has 0 spiro atoms. The molecule has 2 rings (SSSR count). The van der Waals surface area contributed by atoms with Crippen molar-refractivity contribution in [2.24, 2.45) is 0 Å². The molecule has 3 N–H and O–H groups in total. The van der Waals surface area contributed by atoms with E-state index in [0.717, 1.165) is 17.7 Å². The number of urea groups is 1. The summed E-state index contributed by atoms with van der Waals surface area (Å²) in [6, 6.07) is 11.1. The molecule has 0 radical (unpaired) electrons. The van der Waals surface area contributed by atoms with E-state index in [2.05, 4.69) is 10.6 Å². The number of carbonyl (C=O) groups is 1. The summed E-state index contributed by atoms with van der Waals surface area (Å²) in [5, 5.41) is 14.4. The first-order valence-electron chi connectivity index (χ1n) is 7.19. The van der Waals surface area contributed by atoms with Gasteiger partial charge in [0.15, 0.2) is 0 Å². The zero-order valence-corrected chi connectivity index (χ0v) is 12.6. The third-order valence-corrected chi connectivity index (χ3v) is 3.62. The summed E-state index contributed by atoms with van der Waals surface area (Å²) in [5.41, 5.74) is 0.827. The molecule has 6 heteroatoms. The van der Waals surface area contributed by atoms with E-state index in [-0.39, 0.29) is 18.2 Å². The molecule has 0 unspecified atom stereocenters. The van der Waals surface area contributed by atoms with Crippen molar-refractivity contribution in [1.29, 1.82) is 0 Å². The van der Waals surface area contributed by atoms with Crippen LogP contribution in [0.3, 0.4) is 0 Å². The molecule has 0 fully saturated rings. The molecule has 0 heterocycles. The van der Waals surface area contributed by atoms with Gasteiger partial charge in [-0.15, -0.1) is 0 Å². The highest BCUT2D eigenvalue weighted by molar-refractivity contribution is 5.89. The Morgan fingerprint density at radius 1 is 1.17 bits per heavy atom. The molecule has 2 atom stereocenters. The fourth-order valence-corrected chi connectivity index (χ4v) is 2.24. The molecule has 122 valence electrons. The fourth-order valence-electron chi connectivity index (χ4n) is 2.24. The third kappa shape index (κ3) is 4.50. The van der Waals surface area contributed by atoms with Gasteiger partial charge in [-0.1, -0.05) is 37.3 Å². The van der Waals surface area contributed by atoms with E-state index >= 15 is 0 Å². The van der Waals surface area contributed by atoms with Crippen LogP contribution < -0.4 is 10.6 Å². The molecule has 0 saturated heterocycles. The quantitative estimate of drug-likeness (QED) is 0.792. The summed E-state index contributed by atoms with van der Waals surface area (Å²) >= 11 is 0. The lowest BCUT2D eigenvalue weighted by molar-refractivity contribution is 0.215. The van der Waals surface area contributed by atoms with Crippen LogP contribution in [0.1, 0.15) is 18.4 Å². The van der Waals surface area contributed by atoms with Gasteiger partial charge in [-0.25, -0.2) is 13.6 Å². The lowest BCUT2D eigenvalue weighted by Gasteiger charge is -2.24. The van der Waals surface area contributed by atoms with Crippen molar-refractivity contribution in [2.45, 2.75) is 18.9 Å². The Balaban J connectivity index is 2.02. The molecule has 23 heavy (non-hydrogen) atoms. The number of aliphatic hydroxyl groups excluding tert-OH is 1. The van der Waals surface area contributed by atoms with Gasteiger partial charge in [-0.3, -0.25) is 0 Å². The SMILES string of the molecule is C[C@@H](c1ccccc1)[C@@H](CO)NC(=O)Nc1ccc(F)cc1F. The van der Waals surface area contributed by atoms with E-state index in [1.807, 2.05) is 37.3 Å². The average molecular weight is 320 g/mol. The fraction of sp³-hybridized carbons (Fsp3) is 0.235. The Bertz CT molecular complexity index is 665. The average Bonchev–Trinajstić information content (AvgIpc) is 2.55. The van der Waals surface area contributed by atoms with E-state index in [0.29, 0.717) is 6.07 Å². The molecule has 0 saturated carbocycles. The van der Waals surface area contributed by atoms with Gasteiger partial charge in [0.05, 0.1) is 18.3 Å². The van der Waals surface area contributed by atoms with E-state index in [1.54, 1.807) is 0 Å². The van der Waals surface area contributed by atoms with E-state index in [1.165, 1.54) is 0 Å². The van der Waals surface area contributed by atoms with Gasteiger partial charge >= 0.3 is 6.03 Å². The van der Waals surface area contributed by atoms with Crippen LogP contribution in [-0.2, 0) is 0 Å². The Hall–Kier alpha value is -2.47. The molecule has 4 nitrogen and oxygen atoms in total. The number of hydrogen-bond donors (Lipinski definition) is 3. The van der Waals surface area contributed by atoms with E-state index in [9.17, 15) is 18.7 Å². The number of halogens is 2. The minimum atomic E-state index is -0.864. The molecule has 0 aromatic heterocycles. The zero-order valence-electron chi connectivity index (χ0n) is 12.6. The van der Waals surface area contributed by atoms with Crippen molar-refractivity contribution in [2.75, 3.05) is 11.9 Å². The van der Waals surface area contributed by atoms with E-state index < -0.39 is 23.7 Å². The van der Waals surface area contributed by atoms with Crippen LogP contribution in [0.2, 0.25) is 0 Å². The largest absolute Gasteiger partial charge is 0.394 e. The zero-order chi connectivity index (χ0) is 16.8. The van der Waals surface area contributed by atoms with Gasteiger partial charge in [0.2, 0.25) is 0 Å². The van der Waals surface area contributed by atoms with Gasteiger partial charge in [0, 0.05) is 12.0 Å². The predicted molar refractivity (Wildman–Crippen MR) is 84.2 cm³/mol. The van der Waals surface area contributed by atoms with Crippen molar-refractivity contribution in [3.63, 3.8) is 0 Å². The number of carbonyl (C=O) groups excluding carboxylic acids is 1. The first kappa shape index (κ1) is 16.9. The lowest BCUT2D eigenvalue weighted by Crippen LogP contribution is -2.43. The topological polar surface area (TPSA) is 61.4 Å². The number of benzene rings is 2. The van der Waals surface area contributed by atoms with Crippen molar-refractivity contribution < 1.29 is 18.7 Å². The van der Waals surface area contributed by atoms with Crippen molar-refractivity contribution in [3.05, 3.63) is 65.7 Å². The second-order valence-corrected chi connectivity index (χ2v) is 5.21. The monoisotopic (exact) mass is 320 g/mol. The smallest absolute Gasteiger partial charge is 0.319 e. The molecule has 0 bridgehead atoms. The highest BCUT2D eigenvalue weighted by Crippen LogP contribution is 2.19. The standard InChI is InChI=1S/C17H18F2N2O2/c1-11(12-5-3-2-4-6-12)16(10-22)21-17(23)20-15-8-7-13(18)9-14(15)19/h2-9,11,16,22H,10H2,1H3,(H2,20,21,23)/t11-,16+/m0/s1. The van der Waals surface area contributed by atoms with Crippen LogP contribution in [0, 0.1) is 11.6 Å². The van der Waals surface area contributed by atoms with Crippen molar-refractivity contribution in [1.82, 2.24) is 5.32 Å². The van der Waals surface area contributed by atoms with Crippen LogP contribution in [0.15, 0.2) is 48.5 Å². The van der Waals surface area contributed by atoms with Gasteiger partial charge < -0.3 is 15.7 Å². The van der Waals surface area contributed by atoms with Gasteiger partial charge in [-0.05, 0) is 17.7 Å². The second kappa shape index (κ2) is 7.69. The van der Waals surface area contributed by atoms with E-state index in [4.69, 9.17) is 0 Å². The minimum Gasteiger partial charge on any atom is -0.394 e. The number of aliphatic hydroxyl groups is 1. The molecule has 2 amide bonds. The summed E-state index contributed by atoms with van der Waals surface area (Å²) in [6.07, 6.45) is 0. The maximum atomic E-state index is 13.5. The Morgan fingerprint density at radius 3 is 2.48 bits per heavy atom. The first-order valence-corrected chi connectivity index (χ1v) is 7.19. The molecule has 2 aromatic carbocycles. The molecular formula is C17H18F2N2O2. The van der Waals surface area contributed by atoms with Crippen LogP contribution >= 0.6 is 0 Å².